The van der Waals surface area contributed by atoms with Gasteiger partial charge in [-0.15, -0.1) is 0 Å². The number of halogens is 1. The van der Waals surface area contributed by atoms with Crippen LogP contribution in [-0.2, 0) is 27.5 Å². The zero-order valence-electron chi connectivity index (χ0n) is 16.9. The maximum Gasteiger partial charge on any atom is 0.209 e. The van der Waals surface area contributed by atoms with E-state index in [0.29, 0.717) is 61.0 Å². The third-order valence-electron chi connectivity index (χ3n) is 5.56. The maximum atomic E-state index is 14.5. The molecule has 2 aromatic heterocycles. The van der Waals surface area contributed by atoms with E-state index in [4.69, 9.17) is 9.47 Å². The number of anilines is 1. The number of aromatic nitrogens is 3. The number of nitrogens with one attached hydrogen (secondary N) is 1. The predicted molar refractivity (Wildman–Crippen MR) is 112 cm³/mol. The number of benzene rings is 1. The van der Waals surface area contributed by atoms with Gasteiger partial charge in [-0.25, -0.2) is 22.8 Å². The highest BCUT2D eigenvalue weighted by atomic mass is 32.2. The number of fused-ring (bicyclic) bond motifs is 2. The highest BCUT2D eigenvalue weighted by Crippen LogP contribution is 2.32. The third-order valence-corrected chi connectivity index (χ3v) is 6.56. The quantitative estimate of drug-likeness (QED) is 0.646. The number of ether oxygens (including phenoxy) is 2. The fourth-order valence-corrected chi connectivity index (χ4v) is 4.87. The summed E-state index contributed by atoms with van der Waals surface area (Å²) in [5.74, 6) is 0.754. The Hall–Kier alpha value is -2.98. The van der Waals surface area contributed by atoms with Crippen LogP contribution in [0, 0.1) is 5.82 Å². The Bertz CT molecular complexity index is 1320. The Kier molecular flexibility index (Phi) is 4.90. The van der Waals surface area contributed by atoms with Gasteiger partial charge in [0.1, 0.15) is 17.9 Å². The van der Waals surface area contributed by atoms with E-state index in [2.05, 4.69) is 15.3 Å². The summed E-state index contributed by atoms with van der Waals surface area (Å²) in [5.41, 5.74) is 3.48. The van der Waals surface area contributed by atoms with E-state index in [1.165, 1.54) is 12.4 Å². The minimum absolute atomic E-state index is 0.0134. The molecule has 1 N–H and O–H groups in total. The van der Waals surface area contributed by atoms with Crippen LogP contribution in [0.5, 0.6) is 5.75 Å². The van der Waals surface area contributed by atoms with Crippen molar-refractivity contribution in [2.24, 2.45) is 0 Å². The average molecular weight is 444 g/mol. The van der Waals surface area contributed by atoms with Crippen LogP contribution in [0.1, 0.15) is 23.1 Å². The Balaban J connectivity index is 1.58. The molecule has 0 fully saturated rings. The Morgan fingerprint density at radius 1 is 1.23 bits per heavy atom. The van der Waals surface area contributed by atoms with Crippen LogP contribution in [0.25, 0.3) is 11.1 Å². The van der Waals surface area contributed by atoms with Gasteiger partial charge in [0.15, 0.2) is 14.9 Å². The minimum atomic E-state index is -3.57. The van der Waals surface area contributed by atoms with Crippen molar-refractivity contribution < 1.29 is 22.3 Å². The molecule has 2 aliphatic rings. The number of sulfone groups is 1. The highest BCUT2D eigenvalue weighted by molar-refractivity contribution is 7.90. The second kappa shape index (κ2) is 7.61. The summed E-state index contributed by atoms with van der Waals surface area (Å²) in [7, 11) is -3.57. The molecule has 3 aromatic rings. The zero-order chi connectivity index (χ0) is 21.6. The molecule has 10 heteroatoms. The van der Waals surface area contributed by atoms with Crippen LogP contribution in [0.2, 0.25) is 0 Å². The van der Waals surface area contributed by atoms with Crippen LogP contribution in [0.15, 0.2) is 35.8 Å². The molecule has 0 saturated heterocycles. The second-order valence-electron chi connectivity index (χ2n) is 7.54. The van der Waals surface area contributed by atoms with Gasteiger partial charge in [-0.05, 0) is 24.1 Å². The van der Waals surface area contributed by atoms with Crippen molar-refractivity contribution >= 4 is 26.9 Å². The van der Waals surface area contributed by atoms with E-state index in [1.54, 1.807) is 16.7 Å². The standard InChI is InChI=1S/C21H21FN4O4S/c1-31(27,28)20-19-15(13-4-7-29-8-5-13)10-23-21(26(19)12-25-20)24-11-16-14-6-9-30-18(14)3-2-17(16)22/h2-4,10,12H,5-9,11H2,1H3,(H,23,24). The lowest BCUT2D eigenvalue weighted by Gasteiger charge is -2.17. The zero-order valence-corrected chi connectivity index (χ0v) is 17.7. The number of hydrogen-bond acceptors (Lipinski definition) is 7. The summed E-state index contributed by atoms with van der Waals surface area (Å²) < 4.78 is 51.8. The SMILES string of the molecule is CS(=O)(=O)c1ncn2c(NCc3c(F)ccc4c3CCO4)ncc(C3=CCOCC3)c12. The van der Waals surface area contributed by atoms with Crippen molar-refractivity contribution in [1.82, 2.24) is 14.4 Å². The number of rotatable bonds is 5. The number of hydrogen-bond donors (Lipinski definition) is 1. The van der Waals surface area contributed by atoms with Gasteiger partial charge in [-0.1, -0.05) is 6.08 Å². The number of nitrogens with zero attached hydrogens (tertiary/aromatic N) is 3. The molecule has 0 unspecified atom stereocenters. The molecule has 0 radical (unpaired) electrons. The molecule has 0 spiro atoms. The molecule has 5 rings (SSSR count). The number of imidazole rings is 1. The minimum Gasteiger partial charge on any atom is -0.493 e. The molecule has 31 heavy (non-hydrogen) atoms. The molecule has 0 bridgehead atoms. The van der Waals surface area contributed by atoms with E-state index in [9.17, 15) is 12.8 Å². The molecule has 0 amide bonds. The monoisotopic (exact) mass is 444 g/mol. The Morgan fingerprint density at radius 3 is 2.87 bits per heavy atom. The van der Waals surface area contributed by atoms with Gasteiger partial charge in [0.25, 0.3) is 0 Å². The summed E-state index contributed by atoms with van der Waals surface area (Å²) in [6.07, 6.45) is 7.42. The van der Waals surface area contributed by atoms with E-state index < -0.39 is 9.84 Å². The predicted octanol–water partition coefficient (Wildman–Crippen LogP) is 2.62. The third kappa shape index (κ3) is 3.55. The summed E-state index contributed by atoms with van der Waals surface area (Å²) in [5, 5.41) is 3.13. The van der Waals surface area contributed by atoms with Gasteiger partial charge >= 0.3 is 0 Å². The first-order valence-corrected chi connectivity index (χ1v) is 11.8. The van der Waals surface area contributed by atoms with Crippen molar-refractivity contribution in [2.75, 3.05) is 31.4 Å². The summed E-state index contributed by atoms with van der Waals surface area (Å²) in [6, 6.07) is 3.03. The lowest BCUT2D eigenvalue weighted by molar-refractivity contribution is 0.161. The second-order valence-corrected chi connectivity index (χ2v) is 9.48. The van der Waals surface area contributed by atoms with Gasteiger partial charge in [-0.3, -0.25) is 4.40 Å². The molecular weight excluding hydrogens is 423 g/mol. The van der Waals surface area contributed by atoms with E-state index in [-0.39, 0.29) is 17.4 Å². The van der Waals surface area contributed by atoms with Crippen molar-refractivity contribution in [3.05, 3.63) is 53.2 Å². The topological polar surface area (TPSA) is 94.8 Å². The van der Waals surface area contributed by atoms with Gasteiger partial charge in [-0.2, -0.15) is 0 Å². The van der Waals surface area contributed by atoms with Gasteiger partial charge < -0.3 is 14.8 Å². The Labute approximate surface area is 178 Å². The van der Waals surface area contributed by atoms with E-state index >= 15 is 0 Å². The molecule has 8 nitrogen and oxygen atoms in total. The first-order valence-electron chi connectivity index (χ1n) is 9.93. The molecule has 1 aromatic carbocycles. The maximum absolute atomic E-state index is 14.5. The average Bonchev–Trinajstić information content (AvgIpc) is 3.41. The largest absolute Gasteiger partial charge is 0.493 e. The molecule has 162 valence electrons. The summed E-state index contributed by atoms with van der Waals surface area (Å²) >= 11 is 0. The van der Waals surface area contributed by atoms with Crippen molar-refractivity contribution in [2.45, 2.75) is 24.4 Å². The molecule has 2 aliphatic heterocycles. The van der Waals surface area contributed by atoms with E-state index in [1.807, 2.05) is 6.08 Å². The fourth-order valence-electron chi connectivity index (χ4n) is 4.07. The Morgan fingerprint density at radius 2 is 2.10 bits per heavy atom. The lowest BCUT2D eigenvalue weighted by atomic mass is 10.0. The fraction of sp³-hybridized carbons (Fsp3) is 0.333. The van der Waals surface area contributed by atoms with Crippen LogP contribution >= 0.6 is 0 Å². The summed E-state index contributed by atoms with van der Waals surface area (Å²) in [6.45, 7) is 1.73. The highest BCUT2D eigenvalue weighted by Gasteiger charge is 2.24. The smallest absolute Gasteiger partial charge is 0.209 e. The summed E-state index contributed by atoms with van der Waals surface area (Å²) in [4.78, 5) is 8.65. The first kappa shape index (κ1) is 20.0. The van der Waals surface area contributed by atoms with Crippen molar-refractivity contribution in [1.29, 1.82) is 0 Å². The van der Waals surface area contributed by atoms with Crippen molar-refractivity contribution in [3.63, 3.8) is 0 Å². The molecule has 4 heterocycles. The molecular formula is C21H21FN4O4S. The van der Waals surface area contributed by atoms with E-state index in [0.717, 1.165) is 17.4 Å². The van der Waals surface area contributed by atoms with Gasteiger partial charge in [0.05, 0.1) is 25.3 Å². The first-order chi connectivity index (χ1) is 14.9. The molecule has 0 saturated carbocycles. The van der Waals surface area contributed by atoms with Crippen LogP contribution in [0.3, 0.4) is 0 Å². The molecule has 0 atom stereocenters. The van der Waals surface area contributed by atoms with Gasteiger partial charge in [0.2, 0.25) is 5.95 Å². The van der Waals surface area contributed by atoms with Crippen LogP contribution in [0.4, 0.5) is 10.3 Å². The molecule has 0 aliphatic carbocycles. The van der Waals surface area contributed by atoms with Crippen LogP contribution in [-0.4, -0.2) is 48.9 Å². The lowest BCUT2D eigenvalue weighted by Crippen LogP contribution is -2.11. The normalized spacial score (nSPS) is 16.1. The van der Waals surface area contributed by atoms with Crippen LogP contribution < -0.4 is 10.1 Å². The van der Waals surface area contributed by atoms with Gasteiger partial charge in [0, 0.05) is 42.1 Å². The van der Waals surface area contributed by atoms with Crippen molar-refractivity contribution in [3.8, 4) is 5.75 Å².